The van der Waals surface area contributed by atoms with Gasteiger partial charge in [-0.1, -0.05) is 13.8 Å². The molecule has 2 saturated heterocycles. The number of carbonyl (C=O) groups excluding carboxylic acids is 1. The normalized spacial score (nSPS) is 22.4. The lowest BCUT2D eigenvalue weighted by molar-refractivity contribution is -0.155. The average molecular weight is 378 g/mol. The van der Waals surface area contributed by atoms with Gasteiger partial charge in [-0.2, -0.15) is 0 Å². The van der Waals surface area contributed by atoms with Crippen LogP contribution >= 0.6 is 0 Å². The van der Waals surface area contributed by atoms with Crippen LogP contribution in [0.1, 0.15) is 33.1 Å². The van der Waals surface area contributed by atoms with Gasteiger partial charge in [-0.25, -0.2) is 4.39 Å². The first kappa shape index (κ1) is 20.1. The maximum atomic E-state index is 13.0. The summed E-state index contributed by atoms with van der Waals surface area (Å²) < 4.78 is 24.3. The molecule has 2 fully saturated rings. The molecule has 0 bridgehead atoms. The Morgan fingerprint density at radius 3 is 2.59 bits per heavy atom. The molecule has 3 rings (SSSR count). The number of hydrogen-bond donors (Lipinski definition) is 0. The Hall–Kier alpha value is -1.66. The number of benzene rings is 1. The van der Waals surface area contributed by atoms with Crippen LogP contribution in [0.3, 0.4) is 0 Å². The third-order valence-electron chi connectivity index (χ3n) is 5.43. The Kier molecular flexibility index (Phi) is 7.07. The summed E-state index contributed by atoms with van der Waals surface area (Å²) >= 11 is 0. The fourth-order valence-corrected chi connectivity index (χ4v) is 3.71. The minimum Gasteiger partial charge on any atom is -0.491 e. The number of hydrogen-bond acceptors (Lipinski definition) is 4. The molecule has 0 saturated carbocycles. The van der Waals surface area contributed by atoms with Gasteiger partial charge in [0.25, 0.3) is 0 Å². The summed E-state index contributed by atoms with van der Waals surface area (Å²) in [6.45, 7) is 8.82. The zero-order chi connectivity index (χ0) is 19.2. The van der Waals surface area contributed by atoms with Gasteiger partial charge in [0.15, 0.2) is 0 Å². The van der Waals surface area contributed by atoms with Crippen LogP contribution in [0, 0.1) is 11.7 Å². The molecule has 5 nitrogen and oxygen atoms in total. The number of piperidine rings is 1. The summed E-state index contributed by atoms with van der Waals surface area (Å²) in [4.78, 5) is 16.9. The smallest absolute Gasteiger partial charge is 0.248 e. The largest absolute Gasteiger partial charge is 0.491 e. The van der Waals surface area contributed by atoms with Gasteiger partial charge in [0.05, 0.1) is 6.54 Å². The van der Waals surface area contributed by atoms with E-state index in [0.717, 1.165) is 38.4 Å². The van der Waals surface area contributed by atoms with E-state index in [9.17, 15) is 9.18 Å². The SMILES string of the molecule is CC(C)CCN1CCC(N2C[C@@H](COc3ccc(F)cc3)OCC2=O)CC1. The molecule has 1 atom stereocenters. The van der Waals surface area contributed by atoms with Gasteiger partial charge in [-0.15, -0.1) is 0 Å². The quantitative estimate of drug-likeness (QED) is 0.732. The van der Waals surface area contributed by atoms with E-state index in [2.05, 4.69) is 18.7 Å². The number of carbonyl (C=O) groups is 1. The number of likely N-dealkylation sites (tertiary alicyclic amines) is 1. The Morgan fingerprint density at radius 1 is 1.22 bits per heavy atom. The lowest BCUT2D eigenvalue weighted by atomic mass is 10.0. The second kappa shape index (κ2) is 9.51. The maximum absolute atomic E-state index is 13.0. The zero-order valence-corrected chi connectivity index (χ0v) is 16.4. The van der Waals surface area contributed by atoms with E-state index in [1.54, 1.807) is 12.1 Å². The summed E-state index contributed by atoms with van der Waals surface area (Å²) in [5, 5.41) is 0. The summed E-state index contributed by atoms with van der Waals surface area (Å²) in [7, 11) is 0. The van der Waals surface area contributed by atoms with Crippen molar-refractivity contribution in [1.82, 2.24) is 9.80 Å². The molecule has 2 aliphatic heterocycles. The molecule has 2 heterocycles. The van der Waals surface area contributed by atoms with E-state index < -0.39 is 0 Å². The van der Waals surface area contributed by atoms with Crippen LogP contribution in [-0.4, -0.2) is 67.2 Å². The van der Waals surface area contributed by atoms with Crippen LogP contribution < -0.4 is 4.74 Å². The van der Waals surface area contributed by atoms with E-state index >= 15 is 0 Å². The molecule has 0 spiro atoms. The minimum atomic E-state index is -0.284. The van der Waals surface area contributed by atoms with Crippen LogP contribution in [0.2, 0.25) is 0 Å². The maximum Gasteiger partial charge on any atom is 0.248 e. The van der Waals surface area contributed by atoms with Gasteiger partial charge in [-0.05, 0) is 56.0 Å². The number of amides is 1. The van der Waals surface area contributed by atoms with Gasteiger partial charge in [0.2, 0.25) is 5.91 Å². The molecule has 0 N–H and O–H groups in total. The summed E-state index contributed by atoms with van der Waals surface area (Å²) in [6, 6.07) is 6.26. The number of nitrogens with zero attached hydrogens (tertiary/aromatic N) is 2. The van der Waals surface area contributed by atoms with Crippen molar-refractivity contribution in [2.75, 3.05) is 39.4 Å². The molecule has 1 amide bonds. The third kappa shape index (κ3) is 5.91. The highest BCUT2D eigenvalue weighted by Gasteiger charge is 2.33. The molecule has 6 heteroatoms. The zero-order valence-electron chi connectivity index (χ0n) is 16.4. The monoisotopic (exact) mass is 378 g/mol. The number of morpholine rings is 1. The molecule has 150 valence electrons. The fraction of sp³-hybridized carbons (Fsp3) is 0.667. The first-order valence-electron chi connectivity index (χ1n) is 10.0. The Balaban J connectivity index is 1.46. The van der Waals surface area contributed by atoms with Gasteiger partial charge in [0, 0.05) is 19.1 Å². The first-order valence-corrected chi connectivity index (χ1v) is 10.0. The average Bonchev–Trinajstić information content (AvgIpc) is 2.67. The van der Waals surface area contributed by atoms with Gasteiger partial charge in [-0.3, -0.25) is 4.79 Å². The van der Waals surface area contributed by atoms with Gasteiger partial charge < -0.3 is 19.3 Å². The molecule has 0 aliphatic carbocycles. The Morgan fingerprint density at radius 2 is 1.93 bits per heavy atom. The summed E-state index contributed by atoms with van der Waals surface area (Å²) in [5.41, 5.74) is 0. The molecule has 27 heavy (non-hydrogen) atoms. The van der Waals surface area contributed by atoms with Crippen LogP contribution in [0.15, 0.2) is 24.3 Å². The number of halogens is 1. The molecule has 0 radical (unpaired) electrons. The van der Waals surface area contributed by atoms with Crippen molar-refractivity contribution in [1.29, 1.82) is 0 Å². The van der Waals surface area contributed by atoms with Gasteiger partial charge in [0.1, 0.15) is 30.9 Å². The molecule has 1 aromatic rings. The van der Waals surface area contributed by atoms with Crippen LogP contribution in [0.25, 0.3) is 0 Å². The second-order valence-electron chi connectivity index (χ2n) is 8.00. The highest BCUT2D eigenvalue weighted by atomic mass is 19.1. The third-order valence-corrected chi connectivity index (χ3v) is 5.43. The van der Waals surface area contributed by atoms with Crippen molar-refractivity contribution in [3.8, 4) is 5.75 Å². The van der Waals surface area contributed by atoms with E-state index in [1.807, 2.05) is 4.90 Å². The molecule has 0 unspecified atom stereocenters. The Bertz CT molecular complexity index is 600. The predicted molar refractivity (Wildman–Crippen MR) is 102 cm³/mol. The molecule has 2 aliphatic rings. The topological polar surface area (TPSA) is 42.0 Å². The van der Waals surface area contributed by atoms with Gasteiger partial charge >= 0.3 is 0 Å². The van der Waals surface area contributed by atoms with Crippen molar-refractivity contribution in [2.24, 2.45) is 5.92 Å². The predicted octanol–water partition coefficient (Wildman–Crippen LogP) is 2.94. The van der Waals surface area contributed by atoms with E-state index in [0.29, 0.717) is 24.9 Å². The standard InChI is InChI=1S/C21H31FN2O3/c1-16(2)7-10-23-11-8-18(9-12-23)24-13-20(27-15-21(24)25)14-26-19-5-3-17(22)4-6-19/h3-6,16,18,20H,7-15H2,1-2H3/t20-/m0/s1. The second-order valence-corrected chi connectivity index (χ2v) is 8.00. The lowest BCUT2D eigenvalue weighted by Gasteiger charge is -2.42. The molecular weight excluding hydrogens is 347 g/mol. The fourth-order valence-electron chi connectivity index (χ4n) is 3.71. The van der Waals surface area contributed by atoms with Crippen molar-refractivity contribution in [2.45, 2.75) is 45.3 Å². The van der Waals surface area contributed by atoms with Crippen molar-refractivity contribution in [3.63, 3.8) is 0 Å². The van der Waals surface area contributed by atoms with Crippen molar-refractivity contribution < 1.29 is 18.7 Å². The Labute approximate surface area is 161 Å². The summed E-state index contributed by atoms with van der Waals surface area (Å²) in [6.07, 6.45) is 3.13. The minimum absolute atomic E-state index is 0.0775. The highest BCUT2D eigenvalue weighted by molar-refractivity contribution is 5.78. The molecular formula is C21H31FN2O3. The molecule has 1 aromatic carbocycles. The lowest BCUT2D eigenvalue weighted by Crippen LogP contribution is -2.55. The van der Waals surface area contributed by atoms with E-state index in [4.69, 9.17) is 9.47 Å². The van der Waals surface area contributed by atoms with Crippen LogP contribution in [0.4, 0.5) is 4.39 Å². The number of ether oxygens (including phenoxy) is 2. The van der Waals surface area contributed by atoms with E-state index in [-0.39, 0.29) is 24.4 Å². The van der Waals surface area contributed by atoms with E-state index in [1.165, 1.54) is 18.6 Å². The summed E-state index contributed by atoms with van der Waals surface area (Å²) in [5.74, 6) is 1.13. The number of rotatable bonds is 7. The van der Waals surface area contributed by atoms with Crippen LogP contribution in [-0.2, 0) is 9.53 Å². The van der Waals surface area contributed by atoms with Crippen molar-refractivity contribution in [3.05, 3.63) is 30.1 Å². The van der Waals surface area contributed by atoms with Crippen LogP contribution in [0.5, 0.6) is 5.75 Å². The highest BCUT2D eigenvalue weighted by Crippen LogP contribution is 2.21. The van der Waals surface area contributed by atoms with Crippen molar-refractivity contribution >= 4 is 5.91 Å². The molecule has 0 aromatic heterocycles. The first-order chi connectivity index (χ1) is 13.0.